The third-order valence-electron chi connectivity index (χ3n) is 8.21. The van der Waals surface area contributed by atoms with Gasteiger partial charge in [0.15, 0.2) is 17.5 Å². The van der Waals surface area contributed by atoms with Crippen molar-refractivity contribution >= 4 is 42.3 Å². The van der Waals surface area contributed by atoms with Crippen LogP contribution in [0.15, 0.2) is 164 Å². The molecule has 0 spiro atoms. The topological polar surface area (TPSA) is 38.7 Å². The van der Waals surface area contributed by atoms with Crippen LogP contribution >= 0.6 is 11.3 Å². The number of aromatic nitrogens is 3. The molecule has 9 aromatic rings. The van der Waals surface area contributed by atoms with E-state index in [1.54, 1.807) is 35.6 Å². The first kappa shape index (κ1) is 20.9. The largest absolute Gasteiger partial charge is 0.208 e. The van der Waals surface area contributed by atoms with Crippen molar-refractivity contribution in [3.8, 4) is 56.4 Å². The number of hydrogen-bond acceptors (Lipinski definition) is 4. The van der Waals surface area contributed by atoms with E-state index in [-0.39, 0.29) is 34.5 Å². The van der Waals surface area contributed by atoms with Crippen LogP contribution in [0.3, 0.4) is 0 Å². The molecule has 4 heteroatoms. The van der Waals surface area contributed by atoms with E-state index in [4.69, 9.17) is 24.5 Å². The van der Waals surface area contributed by atoms with Crippen molar-refractivity contribution in [3.05, 3.63) is 164 Å². The number of hydrogen-bond donors (Lipinski definition) is 0. The predicted molar refractivity (Wildman–Crippen MR) is 197 cm³/mol. The third kappa shape index (κ3) is 5.05. The lowest BCUT2D eigenvalue weighted by atomic mass is 9.98. The molecule has 0 saturated carbocycles. The Morgan fingerprint density at radius 3 is 1.72 bits per heavy atom. The molecule has 0 amide bonds. The smallest absolute Gasteiger partial charge is 0.164 e. The maximum atomic E-state index is 8.94. The van der Waals surface area contributed by atoms with Crippen LogP contribution < -0.4 is 0 Å². The molecule has 0 aliphatic carbocycles. The van der Waals surface area contributed by atoms with Crippen LogP contribution in [0.2, 0.25) is 0 Å². The van der Waals surface area contributed by atoms with E-state index in [0.717, 1.165) is 22.3 Å². The van der Waals surface area contributed by atoms with Crippen molar-refractivity contribution in [1.29, 1.82) is 0 Å². The molecule has 2 aromatic heterocycles. The summed E-state index contributed by atoms with van der Waals surface area (Å²) < 4.78 is 61.8. The van der Waals surface area contributed by atoms with Crippen molar-refractivity contribution in [2.45, 2.75) is 0 Å². The molecule has 2 heterocycles. The Morgan fingerprint density at radius 1 is 0.426 bits per heavy atom. The fourth-order valence-electron chi connectivity index (χ4n) is 5.88. The zero-order valence-electron chi connectivity index (χ0n) is 31.8. The first-order valence-corrected chi connectivity index (χ1v) is 15.9. The fourth-order valence-corrected chi connectivity index (χ4v) is 7.01. The Balaban J connectivity index is 1.13. The van der Waals surface area contributed by atoms with E-state index in [1.807, 2.05) is 42.5 Å². The first-order valence-electron chi connectivity index (χ1n) is 18.6. The Labute approximate surface area is 286 Å². The van der Waals surface area contributed by atoms with Gasteiger partial charge in [-0.25, -0.2) is 15.0 Å². The lowest BCUT2D eigenvalue weighted by Crippen LogP contribution is -2.00. The predicted octanol–water partition coefficient (Wildman–Crippen LogP) is 11.7. The van der Waals surface area contributed by atoms with Crippen LogP contribution in [0.5, 0.6) is 0 Å². The Hall–Kier alpha value is -5.97. The molecular weight excluding hydrogens is 591 g/mol. The summed E-state index contributed by atoms with van der Waals surface area (Å²) in [6, 6.07) is 37.1. The number of fused-ring (bicyclic) bond motifs is 4. The molecule has 47 heavy (non-hydrogen) atoms. The lowest BCUT2D eigenvalue weighted by molar-refractivity contribution is 1.07. The monoisotopic (exact) mass is 624 g/mol. The molecule has 0 saturated heterocycles. The summed E-state index contributed by atoms with van der Waals surface area (Å²) in [4.78, 5) is 14.6. The normalized spacial score (nSPS) is 13.5. The number of thiophene rings is 1. The van der Waals surface area contributed by atoms with Crippen molar-refractivity contribution in [3.63, 3.8) is 0 Å². The molecule has 0 N–H and O–H groups in total. The highest BCUT2D eigenvalue weighted by atomic mass is 32.1. The van der Waals surface area contributed by atoms with Gasteiger partial charge >= 0.3 is 0 Å². The highest BCUT2D eigenvalue weighted by molar-refractivity contribution is 7.25. The van der Waals surface area contributed by atoms with Crippen LogP contribution in [-0.2, 0) is 0 Å². The van der Waals surface area contributed by atoms with Gasteiger partial charge in [-0.3, -0.25) is 0 Å². The summed E-state index contributed by atoms with van der Waals surface area (Å²) in [6.45, 7) is 0. The molecule has 0 unspecified atom stereocenters. The Morgan fingerprint density at radius 2 is 1.00 bits per heavy atom. The molecule has 7 aromatic carbocycles. The second kappa shape index (κ2) is 11.4. The molecule has 0 radical (unpaired) electrons. The Bertz CT molecular complexity index is 2950. The van der Waals surface area contributed by atoms with Gasteiger partial charge in [-0.15, -0.1) is 11.3 Å². The molecular formula is C43H27N3S. The standard InChI is InChI=1S/C43H27N3S/c1-2-10-31(11-3-1)41-44-42(32-22-17-29(18-23-32)35-26-19-28-9-4-5-12-34(28)27-35)46-43(45-41)33-24-20-30(21-25-33)36-14-8-16-39-40(36)37-13-6-7-15-38(37)47-39/h1-27H/i4D,5D,9D,12D,19D,26D,27D. The molecule has 3 nitrogen and oxygen atoms in total. The summed E-state index contributed by atoms with van der Waals surface area (Å²) in [5.74, 6) is 1.43. The minimum absolute atomic E-state index is 0.0814. The molecule has 0 aliphatic heterocycles. The van der Waals surface area contributed by atoms with E-state index < -0.39 is 24.2 Å². The van der Waals surface area contributed by atoms with Gasteiger partial charge < -0.3 is 0 Å². The second-order valence-corrected chi connectivity index (χ2v) is 12.2. The van der Waals surface area contributed by atoms with E-state index in [9.17, 15) is 0 Å². The average Bonchev–Trinajstić information content (AvgIpc) is 3.60. The molecule has 0 atom stereocenters. The summed E-state index contributed by atoms with van der Waals surface area (Å²) in [5, 5.41) is 2.27. The summed E-state index contributed by atoms with van der Waals surface area (Å²) in [5.41, 5.74) is 5.12. The SMILES string of the molecule is [2H]c1c([2H])c([2H])c2c([2H])c(-c3ccc(-c4nc(-c5ccccc5)nc(-c5ccc(-c6cccc7sc8ccccc8c67)cc5)n4)cc3)c([2H])c([2H])c2c1[2H]. The average molecular weight is 625 g/mol. The van der Waals surface area contributed by atoms with Crippen molar-refractivity contribution in [2.75, 3.05) is 0 Å². The maximum Gasteiger partial charge on any atom is 0.164 e. The van der Waals surface area contributed by atoms with Crippen molar-refractivity contribution in [1.82, 2.24) is 15.0 Å². The fraction of sp³-hybridized carbons (Fsp3) is 0. The summed E-state index contributed by atoms with van der Waals surface area (Å²) >= 11 is 1.79. The number of rotatable bonds is 5. The van der Waals surface area contributed by atoms with Gasteiger partial charge in [0.1, 0.15) is 0 Å². The van der Waals surface area contributed by atoms with Gasteiger partial charge in [0.25, 0.3) is 0 Å². The van der Waals surface area contributed by atoms with E-state index >= 15 is 0 Å². The van der Waals surface area contributed by atoms with Gasteiger partial charge in [0.05, 0.1) is 9.60 Å². The van der Waals surface area contributed by atoms with Crippen LogP contribution in [0.1, 0.15) is 9.60 Å². The van der Waals surface area contributed by atoms with Crippen LogP contribution in [0.4, 0.5) is 0 Å². The minimum atomic E-state index is -0.496. The van der Waals surface area contributed by atoms with E-state index in [1.165, 1.54) is 20.2 Å². The van der Waals surface area contributed by atoms with Gasteiger partial charge in [-0.2, -0.15) is 0 Å². The minimum Gasteiger partial charge on any atom is -0.208 e. The van der Waals surface area contributed by atoms with E-state index in [2.05, 4.69) is 54.6 Å². The van der Waals surface area contributed by atoms with Crippen molar-refractivity contribution in [2.24, 2.45) is 0 Å². The lowest BCUT2D eigenvalue weighted by Gasteiger charge is -2.10. The Kier molecular flexibility index (Phi) is 5.09. The number of nitrogens with zero attached hydrogens (tertiary/aromatic N) is 3. The third-order valence-corrected chi connectivity index (χ3v) is 9.34. The van der Waals surface area contributed by atoms with Crippen LogP contribution in [-0.4, -0.2) is 15.0 Å². The summed E-state index contributed by atoms with van der Waals surface area (Å²) in [7, 11) is 0. The van der Waals surface area contributed by atoms with Gasteiger partial charge in [-0.1, -0.05) is 145 Å². The molecule has 9 rings (SSSR count). The highest BCUT2D eigenvalue weighted by Gasteiger charge is 2.14. The zero-order chi connectivity index (χ0) is 37.2. The molecule has 0 bridgehead atoms. The van der Waals surface area contributed by atoms with Crippen molar-refractivity contribution < 1.29 is 9.60 Å². The van der Waals surface area contributed by atoms with Crippen LogP contribution in [0.25, 0.3) is 87.4 Å². The van der Waals surface area contributed by atoms with Gasteiger partial charge in [-0.05, 0) is 51.2 Å². The van der Waals surface area contributed by atoms with Gasteiger partial charge in [0, 0.05) is 36.9 Å². The molecule has 220 valence electrons. The first-order chi connectivity index (χ1) is 26.2. The zero-order valence-corrected chi connectivity index (χ0v) is 25.6. The van der Waals surface area contributed by atoms with Crippen LogP contribution in [0, 0.1) is 0 Å². The van der Waals surface area contributed by atoms with E-state index in [0.29, 0.717) is 28.6 Å². The second-order valence-electron chi connectivity index (χ2n) is 11.1. The quantitative estimate of drug-likeness (QED) is 0.191. The van der Waals surface area contributed by atoms with Gasteiger partial charge in [0.2, 0.25) is 0 Å². The molecule has 0 aliphatic rings. The number of benzene rings is 7. The summed E-state index contributed by atoms with van der Waals surface area (Å²) in [6.07, 6.45) is 0. The highest BCUT2D eigenvalue weighted by Crippen LogP contribution is 2.40. The molecule has 0 fully saturated rings. The maximum absolute atomic E-state index is 8.94.